The van der Waals surface area contributed by atoms with E-state index < -0.39 is 0 Å². The average Bonchev–Trinajstić information content (AvgIpc) is 2.89. The third-order valence-corrected chi connectivity index (χ3v) is 4.89. The zero-order valence-electron chi connectivity index (χ0n) is 11.2. The molecule has 104 valence electrons. The van der Waals surface area contributed by atoms with Crippen LogP contribution in [0.3, 0.4) is 0 Å². The van der Waals surface area contributed by atoms with Gasteiger partial charge in [0.05, 0.1) is 5.41 Å². The zero-order chi connectivity index (χ0) is 13.0. The van der Waals surface area contributed by atoms with Crippen LogP contribution in [0.15, 0.2) is 0 Å². The maximum atomic E-state index is 12.5. The number of hydrogen-bond donors (Lipinski definition) is 3. The summed E-state index contributed by atoms with van der Waals surface area (Å²) in [6, 6.07) is 0.153. The molecule has 2 rings (SSSR count). The summed E-state index contributed by atoms with van der Waals surface area (Å²) in [4.78, 5) is 12.5. The highest BCUT2D eigenvalue weighted by Crippen LogP contribution is 2.38. The van der Waals surface area contributed by atoms with Crippen molar-refractivity contribution in [2.24, 2.45) is 17.1 Å². The monoisotopic (exact) mass is 254 g/mol. The molecular weight excluding hydrogens is 228 g/mol. The van der Waals surface area contributed by atoms with Crippen molar-refractivity contribution >= 4 is 5.91 Å². The molecule has 0 aromatic carbocycles. The number of amides is 1. The zero-order valence-corrected chi connectivity index (χ0v) is 11.2. The molecule has 4 heteroatoms. The van der Waals surface area contributed by atoms with Gasteiger partial charge < -0.3 is 16.2 Å². The van der Waals surface area contributed by atoms with Crippen molar-refractivity contribution < 1.29 is 9.90 Å². The first-order chi connectivity index (χ1) is 8.72. The molecule has 0 aromatic rings. The van der Waals surface area contributed by atoms with E-state index in [0.717, 1.165) is 44.9 Å². The van der Waals surface area contributed by atoms with E-state index in [2.05, 4.69) is 5.32 Å². The van der Waals surface area contributed by atoms with Gasteiger partial charge in [0.2, 0.25) is 5.91 Å². The molecule has 0 aromatic heterocycles. The lowest BCUT2D eigenvalue weighted by Gasteiger charge is -2.34. The Labute approximate surface area is 109 Å². The highest BCUT2D eigenvalue weighted by molar-refractivity contribution is 5.83. The average molecular weight is 254 g/mol. The third-order valence-electron chi connectivity index (χ3n) is 4.89. The van der Waals surface area contributed by atoms with Gasteiger partial charge in [-0.15, -0.1) is 0 Å². The van der Waals surface area contributed by atoms with Gasteiger partial charge in [0.1, 0.15) is 0 Å². The van der Waals surface area contributed by atoms with Gasteiger partial charge in [-0.05, 0) is 25.7 Å². The second-order valence-corrected chi connectivity index (χ2v) is 6.00. The molecule has 18 heavy (non-hydrogen) atoms. The van der Waals surface area contributed by atoms with Crippen molar-refractivity contribution in [1.82, 2.24) is 5.32 Å². The number of nitrogens with two attached hydrogens (primary N) is 1. The van der Waals surface area contributed by atoms with Gasteiger partial charge in [-0.25, -0.2) is 0 Å². The second-order valence-electron chi connectivity index (χ2n) is 6.00. The fourth-order valence-electron chi connectivity index (χ4n) is 3.51. The van der Waals surface area contributed by atoms with E-state index in [-0.39, 0.29) is 29.9 Å². The van der Waals surface area contributed by atoms with Crippen LogP contribution < -0.4 is 11.1 Å². The molecule has 1 amide bonds. The lowest BCUT2D eigenvalue weighted by Crippen LogP contribution is -2.51. The van der Waals surface area contributed by atoms with Crippen LogP contribution in [0.2, 0.25) is 0 Å². The maximum absolute atomic E-state index is 12.5. The lowest BCUT2D eigenvalue weighted by atomic mass is 9.81. The van der Waals surface area contributed by atoms with Gasteiger partial charge >= 0.3 is 0 Å². The number of hydrogen-bond acceptors (Lipinski definition) is 3. The SMILES string of the molecule is NCC1(C(=O)NC2CCCCC2CO)CCCC1. The van der Waals surface area contributed by atoms with Crippen molar-refractivity contribution in [3.63, 3.8) is 0 Å². The minimum absolute atomic E-state index is 0.132. The van der Waals surface area contributed by atoms with Crippen LogP contribution in [0.1, 0.15) is 51.4 Å². The van der Waals surface area contributed by atoms with Crippen LogP contribution >= 0.6 is 0 Å². The Balaban J connectivity index is 1.96. The first-order valence-electron chi connectivity index (χ1n) is 7.34. The highest BCUT2D eigenvalue weighted by Gasteiger charge is 2.41. The Bertz CT molecular complexity index is 288. The predicted molar refractivity (Wildman–Crippen MR) is 70.9 cm³/mol. The predicted octanol–water partition coefficient (Wildman–Crippen LogP) is 1.17. The lowest BCUT2D eigenvalue weighted by molar-refractivity contribution is -0.131. The summed E-state index contributed by atoms with van der Waals surface area (Å²) in [5.74, 6) is 0.367. The van der Waals surface area contributed by atoms with Crippen LogP contribution in [0, 0.1) is 11.3 Å². The Morgan fingerprint density at radius 2 is 1.89 bits per heavy atom. The molecule has 2 aliphatic rings. The van der Waals surface area contributed by atoms with Gasteiger partial charge in [0, 0.05) is 25.1 Å². The molecule has 0 saturated heterocycles. The van der Waals surface area contributed by atoms with Crippen molar-refractivity contribution in [1.29, 1.82) is 0 Å². The molecule has 2 atom stereocenters. The van der Waals surface area contributed by atoms with Crippen molar-refractivity contribution in [2.45, 2.75) is 57.4 Å². The summed E-state index contributed by atoms with van der Waals surface area (Å²) in [5.41, 5.74) is 5.51. The number of aliphatic hydroxyl groups is 1. The first kappa shape index (κ1) is 13.8. The normalized spacial score (nSPS) is 31.2. The summed E-state index contributed by atoms with van der Waals surface area (Å²) in [6.45, 7) is 0.635. The van der Waals surface area contributed by atoms with Gasteiger partial charge in [-0.2, -0.15) is 0 Å². The van der Waals surface area contributed by atoms with Crippen LogP contribution in [0.25, 0.3) is 0 Å². The van der Waals surface area contributed by atoms with Crippen LogP contribution in [-0.4, -0.2) is 30.2 Å². The molecule has 4 nitrogen and oxygen atoms in total. The standard InChI is InChI=1S/C14H26N2O2/c15-10-14(7-3-4-8-14)13(18)16-12-6-2-1-5-11(12)9-17/h11-12,17H,1-10,15H2,(H,16,18). The van der Waals surface area contributed by atoms with Gasteiger partial charge in [0.15, 0.2) is 0 Å². The van der Waals surface area contributed by atoms with E-state index in [1.165, 1.54) is 6.42 Å². The highest BCUT2D eigenvalue weighted by atomic mass is 16.3. The summed E-state index contributed by atoms with van der Waals surface area (Å²) < 4.78 is 0. The van der Waals surface area contributed by atoms with E-state index in [9.17, 15) is 9.90 Å². The topological polar surface area (TPSA) is 75.4 Å². The summed E-state index contributed by atoms with van der Waals surface area (Å²) in [5, 5.41) is 12.6. The Morgan fingerprint density at radius 1 is 1.22 bits per heavy atom. The Morgan fingerprint density at radius 3 is 2.50 bits per heavy atom. The van der Waals surface area contributed by atoms with E-state index >= 15 is 0 Å². The molecular formula is C14H26N2O2. The number of carbonyl (C=O) groups is 1. The number of rotatable bonds is 4. The number of carbonyl (C=O) groups excluding carboxylic acids is 1. The van der Waals surface area contributed by atoms with Crippen molar-refractivity contribution in [3.05, 3.63) is 0 Å². The Kier molecular flexibility index (Phi) is 4.62. The number of aliphatic hydroxyl groups excluding tert-OH is 1. The van der Waals surface area contributed by atoms with Gasteiger partial charge in [0.25, 0.3) is 0 Å². The second kappa shape index (κ2) is 6.02. The molecule has 2 saturated carbocycles. The van der Waals surface area contributed by atoms with Crippen molar-refractivity contribution in [3.8, 4) is 0 Å². The van der Waals surface area contributed by atoms with E-state index in [0.29, 0.717) is 6.54 Å². The molecule has 0 spiro atoms. The van der Waals surface area contributed by atoms with E-state index in [4.69, 9.17) is 5.73 Å². The quantitative estimate of drug-likeness (QED) is 0.705. The van der Waals surface area contributed by atoms with Crippen LogP contribution in [0.4, 0.5) is 0 Å². The van der Waals surface area contributed by atoms with Crippen molar-refractivity contribution in [2.75, 3.05) is 13.2 Å². The molecule has 0 radical (unpaired) electrons. The van der Waals surface area contributed by atoms with E-state index in [1.54, 1.807) is 0 Å². The Hall–Kier alpha value is -0.610. The van der Waals surface area contributed by atoms with Crippen LogP contribution in [0.5, 0.6) is 0 Å². The number of nitrogens with one attached hydrogen (secondary N) is 1. The minimum atomic E-state index is -0.322. The van der Waals surface area contributed by atoms with Crippen LogP contribution in [-0.2, 0) is 4.79 Å². The summed E-state index contributed by atoms with van der Waals surface area (Å²) in [6.07, 6.45) is 8.40. The summed E-state index contributed by atoms with van der Waals surface area (Å²) >= 11 is 0. The fraction of sp³-hybridized carbons (Fsp3) is 0.929. The molecule has 2 aliphatic carbocycles. The molecule has 0 bridgehead atoms. The fourth-order valence-corrected chi connectivity index (χ4v) is 3.51. The smallest absolute Gasteiger partial charge is 0.227 e. The maximum Gasteiger partial charge on any atom is 0.227 e. The molecule has 2 fully saturated rings. The summed E-state index contributed by atoms with van der Waals surface area (Å²) in [7, 11) is 0. The molecule has 2 unspecified atom stereocenters. The molecule has 4 N–H and O–H groups in total. The minimum Gasteiger partial charge on any atom is -0.396 e. The van der Waals surface area contributed by atoms with Gasteiger partial charge in [-0.1, -0.05) is 25.7 Å². The molecule has 0 aliphatic heterocycles. The van der Waals surface area contributed by atoms with E-state index in [1.807, 2.05) is 0 Å². The third kappa shape index (κ3) is 2.69. The van der Waals surface area contributed by atoms with Gasteiger partial charge in [-0.3, -0.25) is 4.79 Å². The molecule has 0 heterocycles. The largest absolute Gasteiger partial charge is 0.396 e. The first-order valence-corrected chi connectivity index (χ1v) is 7.34.